The Balaban J connectivity index is 2.52. The molecule has 0 aliphatic carbocycles. The van der Waals surface area contributed by atoms with Crippen molar-refractivity contribution >= 4 is 34.0 Å². The van der Waals surface area contributed by atoms with Gasteiger partial charge < -0.3 is 10.4 Å². The predicted octanol–water partition coefficient (Wildman–Crippen LogP) is -0.0189. The van der Waals surface area contributed by atoms with Gasteiger partial charge in [-0.1, -0.05) is 0 Å². The lowest BCUT2D eigenvalue weighted by atomic mass is 10.3. The van der Waals surface area contributed by atoms with Crippen LogP contribution in [-0.2, 0) is 26.1 Å². The molecule has 1 amide bonds. The standard InChI is InChI=1S/C9H12N2O4S2/c1-6(12)11-8(9(13)14)4-17(15)3-7-2-10-5-16-7/h2,5,8H,3-4H2,1H3,(H,11,12)(H,13,14)/t8-,17?/m0/s1. The van der Waals surface area contributed by atoms with Crippen LogP contribution in [0.3, 0.4) is 0 Å². The molecule has 2 N–H and O–H groups in total. The molecule has 0 aliphatic heterocycles. The van der Waals surface area contributed by atoms with E-state index in [1.807, 2.05) is 0 Å². The minimum absolute atomic E-state index is 0.104. The number of carbonyl (C=O) groups excluding carboxylic acids is 1. The van der Waals surface area contributed by atoms with Crippen LogP contribution >= 0.6 is 11.3 Å². The Morgan fingerprint density at radius 2 is 2.35 bits per heavy atom. The number of amides is 1. The molecule has 0 bridgehead atoms. The molecule has 8 heteroatoms. The Hall–Kier alpha value is -1.28. The molecule has 0 aromatic carbocycles. The third-order valence-corrected chi connectivity index (χ3v) is 4.12. The Morgan fingerprint density at radius 1 is 1.65 bits per heavy atom. The van der Waals surface area contributed by atoms with Crippen LogP contribution in [0, 0.1) is 0 Å². The molecular formula is C9H12N2O4S2. The van der Waals surface area contributed by atoms with Crippen LogP contribution < -0.4 is 5.32 Å². The fraction of sp³-hybridized carbons (Fsp3) is 0.444. The highest BCUT2D eigenvalue weighted by Crippen LogP contribution is 2.09. The summed E-state index contributed by atoms with van der Waals surface area (Å²) in [5.74, 6) is -1.48. The third-order valence-electron chi connectivity index (χ3n) is 1.81. The van der Waals surface area contributed by atoms with Gasteiger partial charge in [-0.3, -0.25) is 14.0 Å². The highest BCUT2D eigenvalue weighted by atomic mass is 32.2. The van der Waals surface area contributed by atoms with E-state index >= 15 is 0 Å². The first-order chi connectivity index (χ1) is 7.99. The van der Waals surface area contributed by atoms with E-state index < -0.39 is 28.7 Å². The topological polar surface area (TPSA) is 96.4 Å². The maximum Gasteiger partial charge on any atom is 0.327 e. The number of rotatable bonds is 6. The van der Waals surface area contributed by atoms with E-state index in [-0.39, 0.29) is 11.5 Å². The van der Waals surface area contributed by atoms with Crippen LogP contribution in [0.5, 0.6) is 0 Å². The molecule has 0 fully saturated rings. The fourth-order valence-corrected chi connectivity index (χ4v) is 3.29. The molecule has 0 saturated carbocycles. The molecule has 1 rings (SSSR count). The minimum atomic E-state index is -1.34. The lowest BCUT2D eigenvalue weighted by Gasteiger charge is -2.12. The van der Waals surface area contributed by atoms with E-state index in [0.29, 0.717) is 0 Å². The van der Waals surface area contributed by atoms with Crippen molar-refractivity contribution in [2.75, 3.05) is 5.75 Å². The minimum Gasteiger partial charge on any atom is -0.480 e. The largest absolute Gasteiger partial charge is 0.480 e. The van der Waals surface area contributed by atoms with E-state index in [1.54, 1.807) is 11.7 Å². The Kier molecular flexibility index (Phi) is 5.23. The molecule has 1 unspecified atom stereocenters. The van der Waals surface area contributed by atoms with E-state index in [1.165, 1.54) is 18.3 Å². The van der Waals surface area contributed by atoms with Crippen LogP contribution in [0.25, 0.3) is 0 Å². The van der Waals surface area contributed by atoms with Crippen molar-refractivity contribution < 1.29 is 18.9 Å². The van der Waals surface area contributed by atoms with E-state index in [9.17, 15) is 13.8 Å². The fourth-order valence-electron chi connectivity index (χ4n) is 1.14. The summed E-state index contributed by atoms with van der Waals surface area (Å²) in [7, 11) is -1.34. The van der Waals surface area contributed by atoms with Crippen molar-refractivity contribution in [2.45, 2.75) is 18.7 Å². The van der Waals surface area contributed by atoms with Crippen LogP contribution in [0.2, 0.25) is 0 Å². The van der Waals surface area contributed by atoms with Crippen molar-refractivity contribution in [3.63, 3.8) is 0 Å². The predicted molar refractivity (Wildman–Crippen MR) is 64.1 cm³/mol. The monoisotopic (exact) mass is 276 g/mol. The van der Waals surface area contributed by atoms with Crippen molar-refractivity contribution in [3.05, 3.63) is 16.6 Å². The van der Waals surface area contributed by atoms with Gasteiger partial charge in [0.2, 0.25) is 5.91 Å². The summed E-state index contributed by atoms with van der Waals surface area (Å²) in [5, 5.41) is 11.1. The first-order valence-corrected chi connectivity index (χ1v) is 7.08. The number of nitrogens with zero attached hydrogens (tertiary/aromatic N) is 1. The molecule has 17 heavy (non-hydrogen) atoms. The van der Waals surface area contributed by atoms with E-state index in [2.05, 4.69) is 10.3 Å². The molecule has 1 heterocycles. The van der Waals surface area contributed by atoms with Gasteiger partial charge in [0.25, 0.3) is 0 Å². The highest BCUT2D eigenvalue weighted by Gasteiger charge is 2.21. The molecule has 1 aromatic rings. The normalized spacial score (nSPS) is 13.9. The van der Waals surface area contributed by atoms with Crippen molar-refractivity contribution in [1.29, 1.82) is 0 Å². The molecule has 0 spiro atoms. The highest BCUT2D eigenvalue weighted by molar-refractivity contribution is 7.84. The number of carboxylic acids is 1. The zero-order valence-corrected chi connectivity index (χ0v) is 10.7. The molecule has 0 aliphatic rings. The molecule has 1 aromatic heterocycles. The average molecular weight is 276 g/mol. The lowest BCUT2D eigenvalue weighted by Crippen LogP contribution is -2.43. The lowest BCUT2D eigenvalue weighted by molar-refractivity contribution is -0.140. The van der Waals surface area contributed by atoms with Gasteiger partial charge >= 0.3 is 5.97 Å². The number of carboxylic acid groups (broad SMARTS) is 1. The van der Waals surface area contributed by atoms with E-state index in [4.69, 9.17) is 5.11 Å². The summed E-state index contributed by atoms with van der Waals surface area (Å²) in [6.07, 6.45) is 1.59. The average Bonchev–Trinajstić information content (AvgIpc) is 2.68. The summed E-state index contributed by atoms with van der Waals surface area (Å²) in [6, 6.07) is -1.11. The number of nitrogens with one attached hydrogen (secondary N) is 1. The smallest absolute Gasteiger partial charge is 0.327 e. The summed E-state index contributed by atoms with van der Waals surface area (Å²) in [6.45, 7) is 1.22. The summed E-state index contributed by atoms with van der Waals surface area (Å²) in [4.78, 5) is 26.3. The molecular weight excluding hydrogens is 264 g/mol. The second kappa shape index (κ2) is 6.45. The molecule has 2 atom stereocenters. The van der Waals surface area contributed by atoms with Crippen LogP contribution in [0.1, 0.15) is 11.8 Å². The molecule has 0 saturated heterocycles. The zero-order valence-electron chi connectivity index (χ0n) is 9.08. The number of aliphatic carboxylic acids is 1. The van der Waals surface area contributed by atoms with Gasteiger partial charge in [0.15, 0.2) is 0 Å². The number of hydrogen-bond donors (Lipinski definition) is 2. The maximum atomic E-state index is 11.7. The van der Waals surface area contributed by atoms with Gasteiger partial charge in [0.1, 0.15) is 6.04 Å². The first kappa shape index (κ1) is 13.8. The van der Waals surface area contributed by atoms with Crippen molar-refractivity contribution in [2.24, 2.45) is 0 Å². The van der Waals surface area contributed by atoms with Crippen molar-refractivity contribution in [3.8, 4) is 0 Å². The SMILES string of the molecule is CC(=O)N[C@@H](CS(=O)Cc1cncs1)C(=O)O. The van der Waals surface area contributed by atoms with Gasteiger partial charge in [-0.25, -0.2) is 4.79 Å². The van der Waals surface area contributed by atoms with Gasteiger partial charge in [0, 0.05) is 28.8 Å². The molecule has 94 valence electrons. The number of carbonyl (C=O) groups is 2. The zero-order chi connectivity index (χ0) is 12.8. The number of aromatic nitrogens is 1. The Bertz CT molecular complexity index is 419. The van der Waals surface area contributed by atoms with Crippen LogP contribution in [-0.4, -0.2) is 38.0 Å². The molecule has 0 radical (unpaired) electrons. The van der Waals surface area contributed by atoms with Crippen LogP contribution in [0.15, 0.2) is 11.7 Å². The number of thiazole rings is 1. The first-order valence-electron chi connectivity index (χ1n) is 4.71. The van der Waals surface area contributed by atoms with E-state index in [0.717, 1.165) is 4.88 Å². The maximum absolute atomic E-state index is 11.7. The number of hydrogen-bond acceptors (Lipinski definition) is 5. The Morgan fingerprint density at radius 3 is 2.82 bits per heavy atom. The summed E-state index contributed by atoms with van der Waals surface area (Å²) in [5.41, 5.74) is 1.62. The van der Waals surface area contributed by atoms with Crippen molar-refractivity contribution in [1.82, 2.24) is 10.3 Å². The van der Waals surface area contributed by atoms with Gasteiger partial charge in [0.05, 0.1) is 17.0 Å². The van der Waals surface area contributed by atoms with Gasteiger partial charge in [-0.2, -0.15) is 0 Å². The van der Waals surface area contributed by atoms with Gasteiger partial charge in [-0.05, 0) is 0 Å². The quantitative estimate of drug-likeness (QED) is 0.761. The van der Waals surface area contributed by atoms with Gasteiger partial charge in [-0.15, -0.1) is 11.3 Å². The third kappa shape index (κ3) is 5.05. The summed E-state index contributed by atoms with van der Waals surface area (Å²) >= 11 is 1.36. The molecule has 6 nitrogen and oxygen atoms in total. The van der Waals surface area contributed by atoms with Crippen LogP contribution in [0.4, 0.5) is 0 Å². The Labute approximate surface area is 105 Å². The second-order valence-corrected chi connectivity index (χ2v) is 5.78. The second-order valence-electron chi connectivity index (χ2n) is 3.31. The summed E-state index contributed by atoms with van der Waals surface area (Å²) < 4.78 is 11.7.